The van der Waals surface area contributed by atoms with Crippen LogP contribution in [0.15, 0.2) is 67.0 Å². The van der Waals surface area contributed by atoms with Crippen molar-refractivity contribution in [3.8, 4) is 6.07 Å². The van der Waals surface area contributed by atoms with Gasteiger partial charge in [0.15, 0.2) is 0 Å². The summed E-state index contributed by atoms with van der Waals surface area (Å²) in [5.41, 5.74) is 3.78. The molecule has 128 valence electrons. The van der Waals surface area contributed by atoms with Crippen LogP contribution in [0.5, 0.6) is 0 Å². The van der Waals surface area contributed by atoms with Crippen molar-refractivity contribution >= 4 is 5.91 Å². The molecule has 0 unspecified atom stereocenters. The zero-order valence-electron chi connectivity index (χ0n) is 14.4. The van der Waals surface area contributed by atoms with Crippen molar-refractivity contribution in [1.82, 2.24) is 15.3 Å². The van der Waals surface area contributed by atoms with E-state index in [0.717, 1.165) is 11.3 Å². The Bertz CT molecular complexity index is 913. The highest BCUT2D eigenvalue weighted by Gasteiger charge is 2.18. The number of carbonyl (C=O) groups excluding carboxylic acids is 1. The minimum atomic E-state index is -0.294. The predicted molar refractivity (Wildman–Crippen MR) is 98.3 cm³/mol. The zero-order valence-corrected chi connectivity index (χ0v) is 14.4. The first kappa shape index (κ1) is 17.3. The van der Waals surface area contributed by atoms with Gasteiger partial charge in [0.2, 0.25) is 0 Å². The molecular weight excluding hydrogens is 324 g/mol. The van der Waals surface area contributed by atoms with Gasteiger partial charge in [0, 0.05) is 12.4 Å². The Hall–Kier alpha value is -3.52. The van der Waals surface area contributed by atoms with Gasteiger partial charge < -0.3 is 5.32 Å². The van der Waals surface area contributed by atoms with Crippen LogP contribution in [0.2, 0.25) is 0 Å². The number of nitrogens with one attached hydrogen (secondary N) is 1. The molecule has 26 heavy (non-hydrogen) atoms. The SMILES string of the molecule is Cc1ccc(C[C@@H](NC(=O)c2ccc(C#N)cn2)c2ccccn2)cc1. The van der Waals surface area contributed by atoms with E-state index >= 15 is 0 Å². The third-order valence-corrected chi connectivity index (χ3v) is 4.04. The van der Waals surface area contributed by atoms with Crippen molar-refractivity contribution in [3.63, 3.8) is 0 Å². The van der Waals surface area contributed by atoms with Gasteiger partial charge >= 0.3 is 0 Å². The number of pyridine rings is 2. The van der Waals surface area contributed by atoms with Crippen LogP contribution < -0.4 is 5.32 Å². The summed E-state index contributed by atoms with van der Waals surface area (Å²) in [6.45, 7) is 2.04. The molecule has 0 fully saturated rings. The maximum absolute atomic E-state index is 12.6. The lowest BCUT2D eigenvalue weighted by molar-refractivity contribution is 0.0930. The summed E-state index contributed by atoms with van der Waals surface area (Å²) in [6.07, 6.45) is 3.73. The van der Waals surface area contributed by atoms with Gasteiger partial charge in [-0.1, -0.05) is 35.9 Å². The van der Waals surface area contributed by atoms with E-state index in [4.69, 9.17) is 5.26 Å². The van der Waals surface area contributed by atoms with E-state index in [9.17, 15) is 4.79 Å². The molecule has 1 aromatic carbocycles. The van der Waals surface area contributed by atoms with Gasteiger partial charge in [-0.2, -0.15) is 5.26 Å². The summed E-state index contributed by atoms with van der Waals surface area (Å²) >= 11 is 0. The molecule has 0 bridgehead atoms. The molecule has 0 saturated heterocycles. The summed E-state index contributed by atoms with van der Waals surface area (Å²) in [4.78, 5) is 21.0. The monoisotopic (exact) mass is 342 g/mol. The van der Waals surface area contributed by atoms with Crippen LogP contribution in [0.1, 0.15) is 38.9 Å². The van der Waals surface area contributed by atoms with Crippen LogP contribution in [0, 0.1) is 18.3 Å². The summed E-state index contributed by atoms with van der Waals surface area (Å²) < 4.78 is 0. The van der Waals surface area contributed by atoms with E-state index in [1.807, 2.05) is 31.2 Å². The van der Waals surface area contributed by atoms with Gasteiger partial charge in [0.25, 0.3) is 5.91 Å². The minimum Gasteiger partial charge on any atom is -0.342 e. The number of amides is 1. The van der Waals surface area contributed by atoms with Crippen LogP contribution in [0.4, 0.5) is 0 Å². The van der Waals surface area contributed by atoms with Crippen molar-refractivity contribution < 1.29 is 4.79 Å². The largest absolute Gasteiger partial charge is 0.342 e. The van der Waals surface area contributed by atoms with Crippen molar-refractivity contribution in [3.05, 3.63) is 95.1 Å². The fourth-order valence-corrected chi connectivity index (χ4v) is 2.60. The van der Waals surface area contributed by atoms with E-state index < -0.39 is 0 Å². The number of aryl methyl sites for hydroxylation is 1. The third kappa shape index (κ3) is 4.31. The van der Waals surface area contributed by atoms with Crippen LogP contribution in [-0.4, -0.2) is 15.9 Å². The van der Waals surface area contributed by atoms with Crippen LogP contribution in [0.3, 0.4) is 0 Å². The predicted octanol–water partition coefficient (Wildman–Crippen LogP) is 3.37. The van der Waals surface area contributed by atoms with Crippen LogP contribution in [0.25, 0.3) is 0 Å². The zero-order chi connectivity index (χ0) is 18.4. The summed E-state index contributed by atoms with van der Waals surface area (Å²) in [7, 11) is 0. The van der Waals surface area contributed by atoms with Gasteiger partial charge in [-0.3, -0.25) is 9.78 Å². The van der Waals surface area contributed by atoms with E-state index in [1.54, 1.807) is 18.3 Å². The average molecular weight is 342 g/mol. The topological polar surface area (TPSA) is 78.7 Å². The lowest BCUT2D eigenvalue weighted by atomic mass is 10.0. The smallest absolute Gasteiger partial charge is 0.270 e. The average Bonchev–Trinajstić information content (AvgIpc) is 2.70. The number of hydrogen-bond acceptors (Lipinski definition) is 4. The second-order valence-corrected chi connectivity index (χ2v) is 6.01. The van der Waals surface area contributed by atoms with Crippen LogP contribution in [-0.2, 0) is 6.42 Å². The Morgan fingerprint density at radius 1 is 1.12 bits per heavy atom. The molecule has 1 atom stereocenters. The Morgan fingerprint density at radius 3 is 2.54 bits per heavy atom. The molecule has 0 aliphatic carbocycles. The van der Waals surface area contributed by atoms with E-state index in [2.05, 4.69) is 39.6 Å². The van der Waals surface area contributed by atoms with Crippen molar-refractivity contribution in [2.45, 2.75) is 19.4 Å². The van der Waals surface area contributed by atoms with Gasteiger partial charge in [0.05, 0.1) is 17.3 Å². The molecule has 1 N–H and O–H groups in total. The number of nitriles is 1. The summed E-state index contributed by atoms with van der Waals surface area (Å²) in [5, 5.41) is 11.8. The highest BCUT2D eigenvalue weighted by Crippen LogP contribution is 2.18. The van der Waals surface area contributed by atoms with E-state index in [0.29, 0.717) is 12.0 Å². The Balaban J connectivity index is 1.82. The Morgan fingerprint density at radius 2 is 1.92 bits per heavy atom. The molecule has 0 aliphatic rings. The van der Waals surface area contributed by atoms with Gasteiger partial charge in [-0.25, -0.2) is 4.98 Å². The molecule has 2 heterocycles. The molecule has 0 spiro atoms. The first-order valence-electron chi connectivity index (χ1n) is 8.29. The first-order chi connectivity index (χ1) is 12.7. The second kappa shape index (κ2) is 8.04. The maximum Gasteiger partial charge on any atom is 0.270 e. The fraction of sp³-hybridized carbons (Fsp3) is 0.143. The number of nitrogens with zero attached hydrogens (tertiary/aromatic N) is 3. The number of rotatable bonds is 5. The molecule has 0 aliphatic heterocycles. The number of hydrogen-bond donors (Lipinski definition) is 1. The van der Waals surface area contributed by atoms with Crippen molar-refractivity contribution in [1.29, 1.82) is 5.26 Å². The first-order valence-corrected chi connectivity index (χ1v) is 8.29. The van der Waals surface area contributed by atoms with Gasteiger partial charge in [0.1, 0.15) is 11.8 Å². The van der Waals surface area contributed by atoms with Crippen LogP contribution >= 0.6 is 0 Å². The molecular formula is C21H18N4O. The Labute approximate surface area is 152 Å². The van der Waals surface area contributed by atoms with Gasteiger partial charge in [-0.05, 0) is 43.2 Å². The quantitative estimate of drug-likeness (QED) is 0.771. The number of benzene rings is 1. The molecule has 3 rings (SSSR count). The minimum absolute atomic E-state index is 0.272. The van der Waals surface area contributed by atoms with Crippen molar-refractivity contribution in [2.24, 2.45) is 0 Å². The lowest BCUT2D eigenvalue weighted by Crippen LogP contribution is -2.31. The normalized spacial score (nSPS) is 11.4. The molecule has 0 saturated carbocycles. The van der Waals surface area contributed by atoms with Crippen molar-refractivity contribution in [2.75, 3.05) is 0 Å². The van der Waals surface area contributed by atoms with E-state index in [1.165, 1.54) is 11.8 Å². The second-order valence-electron chi connectivity index (χ2n) is 6.01. The summed E-state index contributed by atoms with van der Waals surface area (Å²) in [5.74, 6) is -0.294. The summed E-state index contributed by atoms with van der Waals surface area (Å²) in [6, 6.07) is 18.7. The number of aromatic nitrogens is 2. The van der Waals surface area contributed by atoms with E-state index in [-0.39, 0.29) is 17.6 Å². The maximum atomic E-state index is 12.6. The molecule has 0 radical (unpaired) electrons. The standard InChI is InChI=1S/C21H18N4O/c1-15-5-7-16(8-6-15)12-20(18-4-2-3-11-23-18)25-21(26)19-10-9-17(13-22)14-24-19/h2-11,14,20H,12H2,1H3,(H,25,26)/t20-/m1/s1. The lowest BCUT2D eigenvalue weighted by Gasteiger charge is -2.18. The Kier molecular flexibility index (Phi) is 5.35. The number of carbonyl (C=O) groups is 1. The molecule has 1 amide bonds. The third-order valence-electron chi connectivity index (χ3n) is 4.04. The highest BCUT2D eigenvalue weighted by molar-refractivity contribution is 5.92. The molecule has 3 aromatic rings. The molecule has 5 nitrogen and oxygen atoms in total. The molecule has 5 heteroatoms. The molecule has 2 aromatic heterocycles. The highest BCUT2D eigenvalue weighted by atomic mass is 16.1. The van der Waals surface area contributed by atoms with Gasteiger partial charge in [-0.15, -0.1) is 0 Å². The fourth-order valence-electron chi connectivity index (χ4n) is 2.60.